The molecule has 2 aromatic rings. The lowest BCUT2D eigenvalue weighted by Gasteiger charge is -2.27. The van der Waals surface area contributed by atoms with Crippen molar-refractivity contribution in [2.45, 2.75) is 46.6 Å². The molecule has 0 spiro atoms. The van der Waals surface area contributed by atoms with Gasteiger partial charge in [0, 0.05) is 22.5 Å². The fourth-order valence-electron chi connectivity index (χ4n) is 3.11. The molecule has 0 unspecified atom stereocenters. The first kappa shape index (κ1) is 20.3. The van der Waals surface area contributed by atoms with Crippen molar-refractivity contribution in [2.75, 3.05) is 11.4 Å². The highest BCUT2D eigenvalue weighted by Gasteiger charge is 2.38. The van der Waals surface area contributed by atoms with Crippen molar-refractivity contribution in [3.05, 3.63) is 47.0 Å². The Bertz CT molecular complexity index is 932. The molecule has 0 saturated carbocycles. The van der Waals surface area contributed by atoms with Crippen LogP contribution in [0.15, 0.2) is 36.4 Å². The Morgan fingerprint density at radius 1 is 1.21 bits per heavy atom. The van der Waals surface area contributed by atoms with Crippen LogP contribution in [0.2, 0.25) is 5.02 Å². The minimum atomic E-state index is -0.645. The first-order valence-electron chi connectivity index (χ1n) is 9.30. The maximum absolute atomic E-state index is 13.1. The minimum Gasteiger partial charge on any atom is -0.443 e. The average molecular weight is 401 g/mol. The van der Waals surface area contributed by atoms with Crippen LogP contribution in [-0.2, 0) is 4.74 Å². The number of carbonyl (C=O) groups excluding carboxylic acids is 2. The molecular weight excluding hydrogens is 376 g/mol. The number of halogens is 1. The van der Waals surface area contributed by atoms with E-state index in [0.29, 0.717) is 35.1 Å². The molecule has 0 atom stereocenters. The van der Waals surface area contributed by atoms with Gasteiger partial charge in [0.2, 0.25) is 0 Å². The topological polar surface area (TPSA) is 59.5 Å². The van der Waals surface area contributed by atoms with Crippen molar-refractivity contribution in [1.82, 2.24) is 4.98 Å². The third-order valence-corrected chi connectivity index (χ3v) is 4.92. The molecule has 3 rings (SSSR count). The molecule has 148 valence electrons. The fourth-order valence-corrected chi connectivity index (χ4v) is 3.30. The lowest BCUT2D eigenvalue weighted by atomic mass is 9.82. The Labute approximate surface area is 170 Å². The van der Waals surface area contributed by atoms with Gasteiger partial charge in [0.05, 0.1) is 11.3 Å². The highest BCUT2D eigenvalue weighted by molar-refractivity contribution is 6.30. The maximum Gasteiger partial charge on any atom is 0.416 e. The van der Waals surface area contributed by atoms with Crippen molar-refractivity contribution < 1.29 is 14.3 Å². The number of nitrogens with zero attached hydrogens (tertiary/aromatic N) is 2. The molecule has 28 heavy (non-hydrogen) atoms. The van der Waals surface area contributed by atoms with Crippen LogP contribution >= 0.6 is 11.6 Å². The van der Waals surface area contributed by atoms with Gasteiger partial charge in [0.15, 0.2) is 5.78 Å². The highest BCUT2D eigenvalue weighted by atomic mass is 35.5. The van der Waals surface area contributed by atoms with Crippen LogP contribution in [0.25, 0.3) is 11.3 Å². The lowest BCUT2D eigenvalue weighted by Crippen LogP contribution is -2.38. The summed E-state index contributed by atoms with van der Waals surface area (Å²) in [5.74, 6) is 0.306. The number of anilines is 1. The van der Waals surface area contributed by atoms with E-state index < -0.39 is 17.1 Å². The van der Waals surface area contributed by atoms with Crippen molar-refractivity contribution in [1.29, 1.82) is 0 Å². The summed E-state index contributed by atoms with van der Waals surface area (Å²) in [7, 11) is 0. The summed E-state index contributed by atoms with van der Waals surface area (Å²) >= 11 is 6.11. The number of fused-ring (bicyclic) bond motifs is 1. The molecule has 1 aliphatic rings. The summed E-state index contributed by atoms with van der Waals surface area (Å²) in [4.78, 5) is 32.1. The van der Waals surface area contributed by atoms with Crippen molar-refractivity contribution in [3.8, 4) is 11.3 Å². The largest absolute Gasteiger partial charge is 0.443 e. The number of ketones is 1. The van der Waals surface area contributed by atoms with Crippen LogP contribution in [-0.4, -0.2) is 29.0 Å². The van der Waals surface area contributed by atoms with E-state index in [9.17, 15) is 9.59 Å². The number of Topliss-reactive ketones (excluding diaryl/α,β-unsaturated/α-hetero) is 1. The van der Waals surface area contributed by atoms with Gasteiger partial charge in [0.1, 0.15) is 11.4 Å². The van der Waals surface area contributed by atoms with E-state index in [0.717, 1.165) is 5.56 Å². The maximum atomic E-state index is 13.1. The standard InChI is InChI=1S/C22H25ClN2O3/c1-21(2,3)28-20(27)25-12-11-22(4,5)18(26)16-9-10-17(24-19(16)25)14-7-6-8-15(23)13-14/h6-10,13H,11-12H2,1-5H3. The Balaban J connectivity index is 2.13. The van der Waals surface area contributed by atoms with E-state index in [4.69, 9.17) is 16.3 Å². The van der Waals surface area contributed by atoms with Crippen molar-refractivity contribution >= 4 is 29.3 Å². The lowest BCUT2D eigenvalue weighted by molar-refractivity contribution is 0.0575. The number of pyridine rings is 1. The first-order valence-corrected chi connectivity index (χ1v) is 9.68. The van der Waals surface area contributed by atoms with Crippen molar-refractivity contribution in [3.63, 3.8) is 0 Å². The van der Waals surface area contributed by atoms with E-state index in [1.807, 2.05) is 46.8 Å². The molecule has 0 radical (unpaired) electrons. The Morgan fingerprint density at radius 2 is 1.93 bits per heavy atom. The Kier molecular flexibility index (Phi) is 5.24. The summed E-state index contributed by atoms with van der Waals surface area (Å²) in [6.45, 7) is 9.58. The van der Waals surface area contributed by atoms with Crippen LogP contribution in [0.4, 0.5) is 10.6 Å². The van der Waals surface area contributed by atoms with E-state index >= 15 is 0 Å². The Hall–Kier alpha value is -2.40. The number of amides is 1. The number of aromatic nitrogens is 1. The van der Waals surface area contributed by atoms with Gasteiger partial charge in [-0.05, 0) is 51.5 Å². The second kappa shape index (κ2) is 7.21. The van der Waals surface area contributed by atoms with Gasteiger partial charge in [-0.3, -0.25) is 9.69 Å². The zero-order valence-electron chi connectivity index (χ0n) is 16.9. The summed E-state index contributed by atoms with van der Waals surface area (Å²) in [5, 5.41) is 0.593. The van der Waals surface area contributed by atoms with Crippen LogP contribution in [0.5, 0.6) is 0 Å². The smallest absolute Gasteiger partial charge is 0.416 e. The minimum absolute atomic E-state index is 0.0290. The van der Waals surface area contributed by atoms with E-state index in [-0.39, 0.29) is 5.78 Å². The van der Waals surface area contributed by atoms with Gasteiger partial charge in [-0.15, -0.1) is 0 Å². The number of hydrogen-bond donors (Lipinski definition) is 0. The first-order chi connectivity index (χ1) is 13.0. The molecule has 0 aliphatic carbocycles. The molecule has 1 aromatic heterocycles. The number of rotatable bonds is 1. The predicted octanol–water partition coefficient (Wildman–Crippen LogP) is 5.76. The number of ether oxygens (including phenoxy) is 1. The number of carbonyl (C=O) groups is 2. The third-order valence-electron chi connectivity index (χ3n) is 4.68. The summed E-state index contributed by atoms with van der Waals surface area (Å²) in [6.07, 6.45) is 0.0171. The van der Waals surface area contributed by atoms with E-state index in [2.05, 4.69) is 4.98 Å². The fraction of sp³-hybridized carbons (Fsp3) is 0.409. The molecular formula is C22H25ClN2O3. The SMILES string of the molecule is CC(C)(C)OC(=O)N1CCC(C)(C)C(=O)c2ccc(-c3cccc(Cl)c3)nc21. The van der Waals surface area contributed by atoms with Crippen LogP contribution in [0.3, 0.4) is 0 Å². The monoisotopic (exact) mass is 400 g/mol. The van der Waals surface area contributed by atoms with Crippen LogP contribution in [0.1, 0.15) is 51.4 Å². The van der Waals surface area contributed by atoms with Gasteiger partial charge < -0.3 is 4.74 Å². The highest BCUT2D eigenvalue weighted by Crippen LogP contribution is 2.36. The quantitative estimate of drug-likeness (QED) is 0.610. The van der Waals surface area contributed by atoms with Gasteiger partial charge in [-0.2, -0.15) is 0 Å². The normalized spacial score (nSPS) is 16.4. The molecule has 0 saturated heterocycles. The van der Waals surface area contributed by atoms with Crippen LogP contribution in [0, 0.1) is 5.41 Å². The average Bonchev–Trinajstić information content (AvgIpc) is 2.68. The summed E-state index contributed by atoms with van der Waals surface area (Å²) < 4.78 is 5.57. The van der Waals surface area contributed by atoms with Gasteiger partial charge in [0.25, 0.3) is 0 Å². The number of benzene rings is 1. The Morgan fingerprint density at radius 3 is 2.57 bits per heavy atom. The molecule has 1 amide bonds. The number of hydrogen-bond acceptors (Lipinski definition) is 4. The second-order valence-electron chi connectivity index (χ2n) is 8.67. The molecule has 0 N–H and O–H groups in total. The zero-order valence-corrected chi connectivity index (χ0v) is 17.6. The molecule has 1 aliphatic heterocycles. The van der Waals surface area contributed by atoms with Crippen molar-refractivity contribution in [2.24, 2.45) is 5.41 Å². The molecule has 0 fully saturated rings. The summed E-state index contributed by atoms with van der Waals surface area (Å²) in [6, 6.07) is 10.8. The van der Waals surface area contributed by atoms with Gasteiger partial charge in [-0.25, -0.2) is 9.78 Å². The molecule has 1 aromatic carbocycles. The van der Waals surface area contributed by atoms with Gasteiger partial charge >= 0.3 is 6.09 Å². The predicted molar refractivity (Wildman–Crippen MR) is 111 cm³/mol. The molecule has 2 heterocycles. The van der Waals surface area contributed by atoms with Gasteiger partial charge in [-0.1, -0.05) is 37.6 Å². The van der Waals surface area contributed by atoms with Crippen LogP contribution < -0.4 is 4.90 Å². The summed E-state index contributed by atoms with van der Waals surface area (Å²) in [5.41, 5.74) is 0.648. The second-order valence-corrected chi connectivity index (χ2v) is 9.11. The third kappa shape index (κ3) is 4.20. The van der Waals surface area contributed by atoms with E-state index in [1.54, 1.807) is 24.3 Å². The molecule has 0 bridgehead atoms. The zero-order chi connectivity index (χ0) is 20.7. The molecule has 6 heteroatoms. The van der Waals surface area contributed by atoms with E-state index in [1.165, 1.54) is 4.90 Å². The molecule has 5 nitrogen and oxygen atoms in total.